The standard InChI is InChI=1S/C34H39N3O3/c1-34(2,3)40-33(39)37-22-24-15-17-27(18-16-24)32(38)36-23-31(26-10-5-4-6-11-26)30-14-8-13-29(20-30)28-12-7-9-25(19-28)21-35/h4-14,19-20,24,27,31H,15-18,22-23H2,1-3H3,(H,36,38)(H,37,39). The van der Waals surface area contributed by atoms with Crippen LogP contribution in [0.4, 0.5) is 4.79 Å². The zero-order chi connectivity index (χ0) is 28.5. The normalized spacial score (nSPS) is 17.8. The molecular weight excluding hydrogens is 498 g/mol. The summed E-state index contributed by atoms with van der Waals surface area (Å²) in [6.07, 6.45) is 3.04. The molecule has 1 atom stereocenters. The minimum absolute atomic E-state index is 0.00128. The van der Waals surface area contributed by atoms with Crippen molar-refractivity contribution in [1.82, 2.24) is 10.6 Å². The lowest BCUT2D eigenvalue weighted by Crippen LogP contribution is -2.38. The van der Waals surface area contributed by atoms with Crippen molar-refractivity contribution in [3.8, 4) is 17.2 Å². The van der Waals surface area contributed by atoms with E-state index in [9.17, 15) is 14.9 Å². The van der Waals surface area contributed by atoms with Crippen LogP contribution >= 0.6 is 0 Å². The number of benzene rings is 3. The van der Waals surface area contributed by atoms with E-state index in [0.717, 1.165) is 47.9 Å². The van der Waals surface area contributed by atoms with Crippen LogP contribution < -0.4 is 10.6 Å². The van der Waals surface area contributed by atoms with Crippen molar-refractivity contribution in [2.75, 3.05) is 13.1 Å². The maximum Gasteiger partial charge on any atom is 0.407 e. The third-order valence-electron chi connectivity index (χ3n) is 7.45. The van der Waals surface area contributed by atoms with Crippen molar-refractivity contribution in [2.24, 2.45) is 11.8 Å². The first-order valence-electron chi connectivity index (χ1n) is 14.1. The van der Waals surface area contributed by atoms with E-state index in [0.29, 0.717) is 24.6 Å². The number of amides is 2. The summed E-state index contributed by atoms with van der Waals surface area (Å²) >= 11 is 0. The highest BCUT2D eigenvalue weighted by Crippen LogP contribution is 2.31. The van der Waals surface area contributed by atoms with Crippen LogP contribution in [-0.4, -0.2) is 30.7 Å². The van der Waals surface area contributed by atoms with Gasteiger partial charge in [0.05, 0.1) is 11.6 Å². The monoisotopic (exact) mass is 537 g/mol. The Morgan fingerprint density at radius 2 is 1.52 bits per heavy atom. The maximum atomic E-state index is 13.2. The molecule has 3 aromatic rings. The third kappa shape index (κ3) is 8.19. The first kappa shape index (κ1) is 28.9. The van der Waals surface area contributed by atoms with E-state index in [1.165, 1.54) is 0 Å². The van der Waals surface area contributed by atoms with Gasteiger partial charge in [-0.1, -0.05) is 66.7 Å². The molecule has 1 fully saturated rings. The summed E-state index contributed by atoms with van der Waals surface area (Å²) in [6, 6.07) is 28.4. The fourth-order valence-electron chi connectivity index (χ4n) is 5.33. The molecule has 0 aromatic heterocycles. The van der Waals surface area contributed by atoms with Crippen LogP contribution in [0, 0.1) is 23.2 Å². The van der Waals surface area contributed by atoms with Crippen molar-refractivity contribution in [2.45, 2.75) is 58.0 Å². The van der Waals surface area contributed by atoms with Crippen LogP contribution in [0.3, 0.4) is 0 Å². The van der Waals surface area contributed by atoms with Gasteiger partial charge in [0.1, 0.15) is 5.60 Å². The molecule has 1 aliphatic carbocycles. The Balaban J connectivity index is 1.38. The first-order chi connectivity index (χ1) is 19.2. The predicted molar refractivity (Wildman–Crippen MR) is 158 cm³/mol. The molecule has 0 heterocycles. The maximum absolute atomic E-state index is 13.2. The minimum Gasteiger partial charge on any atom is -0.444 e. The van der Waals surface area contributed by atoms with Crippen molar-refractivity contribution >= 4 is 12.0 Å². The van der Waals surface area contributed by atoms with Gasteiger partial charge >= 0.3 is 6.09 Å². The molecule has 0 radical (unpaired) electrons. The van der Waals surface area contributed by atoms with Crippen LogP contribution in [0.15, 0.2) is 78.9 Å². The van der Waals surface area contributed by atoms with Gasteiger partial charge in [0.15, 0.2) is 0 Å². The van der Waals surface area contributed by atoms with Gasteiger partial charge in [-0.2, -0.15) is 5.26 Å². The Bertz CT molecular complexity index is 1330. The number of alkyl carbamates (subject to hydrolysis) is 1. The van der Waals surface area contributed by atoms with E-state index in [1.807, 2.05) is 63.2 Å². The summed E-state index contributed by atoms with van der Waals surface area (Å²) in [5, 5.41) is 15.4. The lowest BCUT2D eigenvalue weighted by Gasteiger charge is -2.29. The average Bonchev–Trinajstić information content (AvgIpc) is 2.96. The number of nitrogens with zero attached hydrogens (tertiary/aromatic N) is 1. The fourth-order valence-corrected chi connectivity index (χ4v) is 5.33. The molecule has 0 bridgehead atoms. The number of carbonyl (C=O) groups is 2. The van der Waals surface area contributed by atoms with Gasteiger partial charge in [0, 0.05) is 24.9 Å². The number of hydrogen-bond acceptors (Lipinski definition) is 4. The van der Waals surface area contributed by atoms with Gasteiger partial charge in [-0.25, -0.2) is 4.79 Å². The van der Waals surface area contributed by atoms with Gasteiger partial charge in [-0.15, -0.1) is 0 Å². The molecule has 2 amide bonds. The van der Waals surface area contributed by atoms with Crippen molar-refractivity contribution < 1.29 is 14.3 Å². The van der Waals surface area contributed by atoms with Crippen molar-refractivity contribution in [3.63, 3.8) is 0 Å². The molecule has 0 saturated heterocycles. The number of nitrogens with one attached hydrogen (secondary N) is 2. The van der Waals surface area contributed by atoms with Crippen molar-refractivity contribution in [1.29, 1.82) is 5.26 Å². The topological polar surface area (TPSA) is 91.2 Å². The number of carbonyl (C=O) groups excluding carboxylic acids is 2. The molecule has 40 heavy (non-hydrogen) atoms. The van der Waals surface area contributed by atoms with Crippen LogP contribution in [-0.2, 0) is 9.53 Å². The molecular formula is C34H39N3O3. The second kappa shape index (κ2) is 13.3. The van der Waals surface area contributed by atoms with E-state index >= 15 is 0 Å². The molecule has 1 unspecified atom stereocenters. The molecule has 208 valence electrons. The Morgan fingerprint density at radius 1 is 0.875 bits per heavy atom. The average molecular weight is 538 g/mol. The number of ether oxygens (including phenoxy) is 1. The molecule has 0 spiro atoms. The number of rotatable bonds is 8. The summed E-state index contributed by atoms with van der Waals surface area (Å²) in [7, 11) is 0. The molecule has 1 saturated carbocycles. The molecule has 4 rings (SSSR count). The lowest BCUT2D eigenvalue weighted by molar-refractivity contribution is -0.126. The quantitative estimate of drug-likeness (QED) is 0.330. The van der Waals surface area contributed by atoms with Crippen LogP contribution in [0.1, 0.15) is 69.1 Å². The largest absolute Gasteiger partial charge is 0.444 e. The van der Waals surface area contributed by atoms with E-state index in [2.05, 4.69) is 47.0 Å². The van der Waals surface area contributed by atoms with E-state index in [1.54, 1.807) is 6.07 Å². The van der Waals surface area contributed by atoms with Gasteiger partial charge in [-0.3, -0.25) is 4.79 Å². The van der Waals surface area contributed by atoms with Gasteiger partial charge in [0.25, 0.3) is 0 Å². The molecule has 1 aliphatic rings. The number of nitriles is 1. The zero-order valence-electron chi connectivity index (χ0n) is 23.7. The SMILES string of the molecule is CC(C)(C)OC(=O)NCC1CCC(C(=O)NCC(c2ccccc2)c2cccc(-c3cccc(C#N)c3)c2)CC1. The minimum atomic E-state index is -0.513. The van der Waals surface area contributed by atoms with Crippen LogP contribution in [0.5, 0.6) is 0 Å². The second-order valence-corrected chi connectivity index (χ2v) is 11.6. The van der Waals surface area contributed by atoms with Crippen molar-refractivity contribution in [3.05, 3.63) is 95.6 Å². The van der Waals surface area contributed by atoms with Gasteiger partial charge < -0.3 is 15.4 Å². The summed E-state index contributed by atoms with van der Waals surface area (Å²) in [5.74, 6) is 0.432. The molecule has 0 aliphatic heterocycles. The van der Waals surface area contributed by atoms with Crippen LogP contribution in [0.2, 0.25) is 0 Å². The predicted octanol–water partition coefficient (Wildman–Crippen LogP) is 6.80. The highest BCUT2D eigenvalue weighted by atomic mass is 16.6. The summed E-state index contributed by atoms with van der Waals surface area (Å²) in [4.78, 5) is 25.2. The van der Waals surface area contributed by atoms with E-state index in [4.69, 9.17) is 4.74 Å². The highest BCUT2D eigenvalue weighted by molar-refractivity contribution is 5.79. The number of hydrogen-bond donors (Lipinski definition) is 2. The summed E-state index contributed by atoms with van der Waals surface area (Å²) in [6.45, 7) is 6.63. The Hall–Kier alpha value is -4.11. The van der Waals surface area contributed by atoms with Gasteiger partial charge in [-0.05, 0) is 86.8 Å². The van der Waals surface area contributed by atoms with Gasteiger partial charge in [0.2, 0.25) is 5.91 Å². The Kier molecular flexibility index (Phi) is 9.60. The summed E-state index contributed by atoms with van der Waals surface area (Å²) < 4.78 is 5.33. The fraction of sp³-hybridized carbons (Fsp3) is 0.382. The van der Waals surface area contributed by atoms with E-state index < -0.39 is 5.60 Å². The second-order valence-electron chi connectivity index (χ2n) is 11.6. The highest BCUT2D eigenvalue weighted by Gasteiger charge is 2.28. The zero-order valence-corrected chi connectivity index (χ0v) is 23.7. The Labute approximate surface area is 237 Å². The molecule has 2 N–H and O–H groups in total. The molecule has 6 nitrogen and oxygen atoms in total. The van der Waals surface area contributed by atoms with Crippen LogP contribution in [0.25, 0.3) is 11.1 Å². The lowest BCUT2D eigenvalue weighted by atomic mass is 9.81. The smallest absolute Gasteiger partial charge is 0.407 e. The first-order valence-corrected chi connectivity index (χ1v) is 14.1. The molecule has 6 heteroatoms. The third-order valence-corrected chi connectivity index (χ3v) is 7.45. The molecule has 3 aromatic carbocycles. The Morgan fingerprint density at radius 3 is 2.20 bits per heavy atom. The van der Waals surface area contributed by atoms with E-state index in [-0.39, 0.29) is 23.8 Å². The summed E-state index contributed by atoms with van der Waals surface area (Å²) in [5.41, 5.74) is 4.41.